The number of nitrogen functional groups attached to an aromatic ring is 1. The van der Waals surface area contributed by atoms with Crippen LogP contribution in [0.3, 0.4) is 0 Å². The van der Waals surface area contributed by atoms with Gasteiger partial charge in [-0.1, -0.05) is 34.4 Å². The fourth-order valence-electron chi connectivity index (χ4n) is 1.19. The zero-order chi connectivity index (χ0) is 10.1. The molecule has 0 saturated carbocycles. The molecule has 0 unspecified atom stereocenters. The summed E-state index contributed by atoms with van der Waals surface area (Å²) in [6.45, 7) is 0. The Bertz CT molecular complexity index is 447. The average molecular weight is 229 g/mol. The van der Waals surface area contributed by atoms with Crippen LogP contribution in [-0.4, -0.2) is 5.16 Å². The van der Waals surface area contributed by atoms with Gasteiger partial charge in [0.1, 0.15) is 6.26 Å². The standard InChI is InChI=1S/C9H6Cl2N2O/c10-6-2-1-3-7(11)8(6)5-4-14-13-9(5)12/h1-4H,(H2,12,13). The van der Waals surface area contributed by atoms with Gasteiger partial charge in [0.25, 0.3) is 0 Å². The van der Waals surface area contributed by atoms with Gasteiger partial charge in [0.2, 0.25) is 0 Å². The molecule has 3 nitrogen and oxygen atoms in total. The van der Waals surface area contributed by atoms with Crippen LogP contribution in [0.2, 0.25) is 10.0 Å². The lowest BCUT2D eigenvalue weighted by Crippen LogP contribution is -1.88. The minimum atomic E-state index is 0.278. The van der Waals surface area contributed by atoms with E-state index in [0.29, 0.717) is 21.2 Å². The molecule has 0 aliphatic carbocycles. The Balaban J connectivity index is 2.68. The van der Waals surface area contributed by atoms with Crippen LogP contribution in [0.25, 0.3) is 11.1 Å². The lowest BCUT2D eigenvalue weighted by molar-refractivity contribution is 0.423. The molecule has 0 aliphatic heterocycles. The van der Waals surface area contributed by atoms with Crippen molar-refractivity contribution in [3.63, 3.8) is 0 Å². The van der Waals surface area contributed by atoms with Gasteiger partial charge in [-0.25, -0.2) is 0 Å². The first-order chi connectivity index (χ1) is 6.70. The SMILES string of the molecule is Nc1nocc1-c1c(Cl)cccc1Cl. The highest BCUT2D eigenvalue weighted by atomic mass is 35.5. The molecule has 2 aromatic rings. The van der Waals surface area contributed by atoms with E-state index in [1.54, 1.807) is 18.2 Å². The lowest BCUT2D eigenvalue weighted by Gasteiger charge is -2.03. The molecule has 0 fully saturated rings. The molecule has 1 aromatic heterocycles. The van der Waals surface area contributed by atoms with Crippen LogP contribution in [-0.2, 0) is 0 Å². The lowest BCUT2D eigenvalue weighted by atomic mass is 10.1. The zero-order valence-electron chi connectivity index (χ0n) is 7.00. The van der Waals surface area contributed by atoms with Gasteiger partial charge in [0, 0.05) is 5.56 Å². The molecular weight excluding hydrogens is 223 g/mol. The minimum absolute atomic E-state index is 0.278. The van der Waals surface area contributed by atoms with Gasteiger partial charge in [-0.2, -0.15) is 0 Å². The van der Waals surface area contributed by atoms with Gasteiger partial charge in [-0.15, -0.1) is 0 Å². The Kier molecular flexibility index (Phi) is 2.35. The Morgan fingerprint density at radius 3 is 2.36 bits per heavy atom. The van der Waals surface area contributed by atoms with Gasteiger partial charge >= 0.3 is 0 Å². The molecule has 1 aromatic carbocycles. The minimum Gasteiger partial charge on any atom is -0.380 e. The second kappa shape index (κ2) is 3.52. The van der Waals surface area contributed by atoms with Crippen molar-refractivity contribution in [2.45, 2.75) is 0 Å². The summed E-state index contributed by atoms with van der Waals surface area (Å²) in [6.07, 6.45) is 1.42. The molecule has 0 radical (unpaired) electrons. The van der Waals surface area contributed by atoms with E-state index in [0.717, 1.165) is 0 Å². The van der Waals surface area contributed by atoms with Crippen molar-refractivity contribution in [2.24, 2.45) is 0 Å². The maximum Gasteiger partial charge on any atom is 0.174 e. The van der Waals surface area contributed by atoms with E-state index >= 15 is 0 Å². The summed E-state index contributed by atoms with van der Waals surface area (Å²) < 4.78 is 4.72. The number of hydrogen-bond acceptors (Lipinski definition) is 3. The van der Waals surface area contributed by atoms with Crippen molar-refractivity contribution in [1.29, 1.82) is 0 Å². The van der Waals surface area contributed by atoms with Crippen LogP contribution in [0.15, 0.2) is 29.0 Å². The first-order valence-corrected chi connectivity index (χ1v) is 4.60. The van der Waals surface area contributed by atoms with Gasteiger partial charge in [-0.05, 0) is 12.1 Å². The molecule has 14 heavy (non-hydrogen) atoms. The van der Waals surface area contributed by atoms with Crippen molar-refractivity contribution in [1.82, 2.24) is 5.16 Å². The van der Waals surface area contributed by atoms with Crippen molar-refractivity contribution >= 4 is 29.0 Å². The topological polar surface area (TPSA) is 52.0 Å². The number of nitrogens with two attached hydrogens (primary N) is 1. The zero-order valence-corrected chi connectivity index (χ0v) is 8.51. The Labute approximate surface area is 90.4 Å². The Morgan fingerprint density at radius 1 is 1.21 bits per heavy atom. The van der Waals surface area contributed by atoms with E-state index in [9.17, 15) is 0 Å². The largest absolute Gasteiger partial charge is 0.380 e. The molecule has 0 atom stereocenters. The molecule has 0 aliphatic rings. The molecule has 0 amide bonds. The summed E-state index contributed by atoms with van der Waals surface area (Å²) >= 11 is 12.0. The molecule has 0 bridgehead atoms. The van der Waals surface area contributed by atoms with Crippen molar-refractivity contribution < 1.29 is 4.52 Å². The van der Waals surface area contributed by atoms with Crippen molar-refractivity contribution in [3.05, 3.63) is 34.5 Å². The average Bonchev–Trinajstić information content (AvgIpc) is 2.52. The van der Waals surface area contributed by atoms with Crippen LogP contribution < -0.4 is 5.73 Å². The van der Waals surface area contributed by atoms with Gasteiger partial charge in [0.15, 0.2) is 5.82 Å². The van der Waals surface area contributed by atoms with Crippen LogP contribution in [0, 0.1) is 0 Å². The Hall–Kier alpha value is -1.19. The monoisotopic (exact) mass is 228 g/mol. The summed E-state index contributed by atoms with van der Waals surface area (Å²) in [5, 5.41) is 4.60. The van der Waals surface area contributed by atoms with Gasteiger partial charge < -0.3 is 10.3 Å². The summed E-state index contributed by atoms with van der Waals surface area (Å²) in [4.78, 5) is 0. The normalized spacial score (nSPS) is 10.4. The second-order valence-corrected chi connectivity index (χ2v) is 3.52. The summed E-state index contributed by atoms with van der Waals surface area (Å²) in [5.74, 6) is 0.278. The third-order valence-corrected chi connectivity index (χ3v) is 2.46. The summed E-state index contributed by atoms with van der Waals surface area (Å²) in [7, 11) is 0. The van der Waals surface area contributed by atoms with E-state index in [1.165, 1.54) is 6.26 Å². The highest BCUT2D eigenvalue weighted by Crippen LogP contribution is 2.36. The van der Waals surface area contributed by atoms with Gasteiger partial charge in [-0.3, -0.25) is 0 Å². The van der Waals surface area contributed by atoms with Crippen LogP contribution in [0.5, 0.6) is 0 Å². The Morgan fingerprint density at radius 2 is 1.86 bits per heavy atom. The third-order valence-electron chi connectivity index (χ3n) is 1.83. The van der Waals surface area contributed by atoms with E-state index in [-0.39, 0.29) is 5.82 Å². The number of rotatable bonds is 1. The van der Waals surface area contributed by atoms with Crippen molar-refractivity contribution in [3.8, 4) is 11.1 Å². The molecule has 1 heterocycles. The maximum absolute atomic E-state index is 5.98. The molecule has 2 N–H and O–H groups in total. The van der Waals surface area contributed by atoms with Crippen LogP contribution >= 0.6 is 23.2 Å². The fraction of sp³-hybridized carbons (Fsp3) is 0. The number of hydrogen-bond donors (Lipinski definition) is 1. The number of benzene rings is 1. The third kappa shape index (κ3) is 1.45. The van der Waals surface area contributed by atoms with Crippen LogP contribution in [0.4, 0.5) is 5.82 Å². The molecule has 2 rings (SSSR count). The van der Waals surface area contributed by atoms with Gasteiger partial charge in [0.05, 0.1) is 15.6 Å². The van der Waals surface area contributed by atoms with Crippen LogP contribution in [0.1, 0.15) is 0 Å². The molecule has 5 heteroatoms. The number of aromatic nitrogens is 1. The summed E-state index contributed by atoms with van der Waals surface area (Å²) in [5.41, 5.74) is 6.85. The van der Waals surface area contributed by atoms with Crippen molar-refractivity contribution in [2.75, 3.05) is 5.73 Å². The first-order valence-electron chi connectivity index (χ1n) is 3.84. The highest BCUT2D eigenvalue weighted by Gasteiger charge is 2.13. The summed E-state index contributed by atoms with van der Waals surface area (Å²) in [6, 6.07) is 5.22. The fourth-order valence-corrected chi connectivity index (χ4v) is 1.79. The first kappa shape index (κ1) is 9.37. The van der Waals surface area contributed by atoms with E-state index in [2.05, 4.69) is 5.16 Å². The molecule has 0 saturated heterocycles. The maximum atomic E-state index is 5.98. The number of halogens is 2. The number of nitrogens with zero attached hydrogens (tertiary/aromatic N) is 1. The second-order valence-electron chi connectivity index (χ2n) is 2.71. The molecule has 0 spiro atoms. The van der Waals surface area contributed by atoms with E-state index < -0.39 is 0 Å². The highest BCUT2D eigenvalue weighted by molar-refractivity contribution is 6.39. The predicted octanol–water partition coefficient (Wildman–Crippen LogP) is 3.23. The smallest absolute Gasteiger partial charge is 0.174 e. The molecular formula is C9H6Cl2N2O. The number of anilines is 1. The van der Waals surface area contributed by atoms with E-state index in [4.69, 9.17) is 33.5 Å². The quantitative estimate of drug-likeness (QED) is 0.816. The van der Waals surface area contributed by atoms with E-state index in [1.807, 2.05) is 0 Å². The molecule has 72 valence electrons. The predicted molar refractivity (Wildman–Crippen MR) is 56.4 cm³/mol.